The van der Waals surface area contributed by atoms with Crippen molar-refractivity contribution in [3.05, 3.63) is 0 Å². The number of ether oxygens (including phenoxy) is 2. The molecule has 0 radical (unpaired) electrons. The standard InChI is InChI=1S/C10H19NO3/c1-8(2)9(10(12)13-3)11-4-6-14-7-5-11/h8-9H,4-7H2,1-3H3/t9-/m0/s1. The van der Waals surface area contributed by atoms with E-state index in [9.17, 15) is 4.79 Å². The van der Waals surface area contributed by atoms with Gasteiger partial charge in [-0.1, -0.05) is 13.8 Å². The van der Waals surface area contributed by atoms with Crippen molar-refractivity contribution < 1.29 is 14.3 Å². The van der Waals surface area contributed by atoms with Gasteiger partial charge in [-0.15, -0.1) is 0 Å². The predicted molar refractivity (Wildman–Crippen MR) is 53.0 cm³/mol. The lowest BCUT2D eigenvalue weighted by Crippen LogP contribution is -2.50. The molecule has 1 fully saturated rings. The van der Waals surface area contributed by atoms with Crippen molar-refractivity contribution in [3.8, 4) is 0 Å². The summed E-state index contributed by atoms with van der Waals surface area (Å²) in [6, 6.07) is -0.121. The number of carbonyl (C=O) groups excluding carboxylic acids is 1. The van der Waals surface area contributed by atoms with Crippen LogP contribution in [0.4, 0.5) is 0 Å². The second-order valence-electron chi connectivity index (χ2n) is 3.86. The molecule has 0 amide bonds. The second kappa shape index (κ2) is 5.32. The van der Waals surface area contributed by atoms with Gasteiger partial charge in [0.1, 0.15) is 6.04 Å². The first-order chi connectivity index (χ1) is 6.66. The Morgan fingerprint density at radius 3 is 2.36 bits per heavy atom. The van der Waals surface area contributed by atoms with E-state index in [2.05, 4.69) is 4.90 Å². The smallest absolute Gasteiger partial charge is 0.323 e. The first kappa shape index (κ1) is 11.5. The Morgan fingerprint density at radius 1 is 1.36 bits per heavy atom. The van der Waals surface area contributed by atoms with Gasteiger partial charge in [-0.2, -0.15) is 0 Å². The monoisotopic (exact) mass is 201 g/mol. The van der Waals surface area contributed by atoms with Gasteiger partial charge in [-0.25, -0.2) is 0 Å². The highest BCUT2D eigenvalue weighted by molar-refractivity contribution is 5.75. The Balaban J connectivity index is 2.60. The molecule has 4 nitrogen and oxygen atoms in total. The molecule has 0 bridgehead atoms. The Kier molecular flexibility index (Phi) is 4.35. The molecule has 4 heteroatoms. The Hall–Kier alpha value is -0.610. The van der Waals surface area contributed by atoms with Gasteiger partial charge in [0.2, 0.25) is 0 Å². The van der Waals surface area contributed by atoms with Gasteiger partial charge in [-0.3, -0.25) is 9.69 Å². The molecule has 1 aliphatic heterocycles. The molecule has 1 rings (SSSR count). The quantitative estimate of drug-likeness (QED) is 0.624. The first-order valence-electron chi connectivity index (χ1n) is 5.06. The molecular formula is C10H19NO3. The molecule has 1 saturated heterocycles. The summed E-state index contributed by atoms with van der Waals surface area (Å²) in [6.07, 6.45) is 0. The van der Waals surface area contributed by atoms with Gasteiger partial charge >= 0.3 is 5.97 Å². The van der Waals surface area contributed by atoms with Crippen LogP contribution >= 0.6 is 0 Å². The number of rotatable bonds is 3. The molecule has 1 atom stereocenters. The largest absolute Gasteiger partial charge is 0.468 e. The molecule has 0 aromatic rings. The van der Waals surface area contributed by atoms with Crippen molar-refractivity contribution in [1.29, 1.82) is 0 Å². The fourth-order valence-electron chi connectivity index (χ4n) is 1.82. The van der Waals surface area contributed by atoms with E-state index in [-0.39, 0.29) is 17.9 Å². The predicted octanol–water partition coefficient (Wildman–Crippen LogP) is 0.516. The van der Waals surface area contributed by atoms with Crippen LogP contribution in [0.1, 0.15) is 13.8 Å². The summed E-state index contributed by atoms with van der Waals surface area (Å²) in [6.45, 7) is 7.13. The highest BCUT2D eigenvalue weighted by atomic mass is 16.5. The van der Waals surface area contributed by atoms with E-state index in [0.29, 0.717) is 13.2 Å². The Morgan fingerprint density at radius 2 is 1.93 bits per heavy atom. The molecule has 1 heterocycles. The van der Waals surface area contributed by atoms with E-state index >= 15 is 0 Å². The van der Waals surface area contributed by atoms with Gasteiger partial charge in [-0.05, 0) is 5.92 Å². The summed E-state index contributed by atoms with van der Waals surface area (Å²) >= 11 is 0. The molecule has 1 aliphatic rings. The van der Waals surface area contributed by atoms with E-state index in [1.165, 1.54) is 7.11 Å². The lowest BCUT2D eigenvalue weighted by molar-refractivity contribution is -0.150. The van der Waals surface area contributed by atoms with E-state index in [4.69, 9.17) is 9.47 Å². The minimum atomic E-state index is -0.137. The highest BCUT2D eigenvalue weighted by Gasteiger charge is 2.30. The van der Waals surface area contributed by atoms with Gasteiger partial charge in [0.15, 0.2) is 0 Å². The van der Waals surface area contributed by atoms with Crippen LogP contribution in [0.3, 0.4) is 0 Å². The minimum Gasteiger partial charge on any atom is -0.468 e. The van der Waals surface area contributed by atoms with Crippen LogP contribution in [0.15, 0.2) is 0 Å². The van der Waals surface area contributed by atoms with Crippen LogP contribution in [0.5, 0.6) is 0 Å². The summed E-state index contributed by atoms with van der Waals surface area (Å²) in [7, 11) is 1.44. The van der Waals surface area contributed by atoms with Crippen molar-refractivity contribution in [2.24, 2.45) is 5.92 Å². The zero-order chi connectivity index (χ0) is 10.6. The molecule has 0 unspecified atom stereocenters. The third-order valence-electron chi connectivity index (χ3n) is 2.51. The van der Waals surface area contributed by atoms with Gasteiger partial charge in [0.05, 0.1) is 20.3 Å². The number of nitrogens with zero attached hydrogens (tertiary/aromatic N) is 1. The SMILES string of the molecule is COC(=O)[C@H](C(C)C)N1CCOCC1. The Bertz CT molecular complexity index is 188. The molecule has 0 aliphatic carbocycles. The second-order valence-corrected chi connectivity index (χ2v) is 3.86. The van der Waals surface area contributed by atoms with E-state index < -0.39 is 0 Å². The van der Waals surface area contributed by atoms with E-state index in [1.807, 2.05) is 13.8 Å². The molecule has 0 aromatic heterocycles. The van der Waals surface area contributed by atoms with E-state index in [0.717, 1.165) is 13.1 Å². The van der Waals surface area contributed by atoms with Crippen LogP contribution in [-0.2, 0) is 14.3 Å². The van der Waals surface area contributed by atoms with Crippen molar-refractivity contribution in [3.63, 3.8) is 0 Å². The summed E-state index contributed by atoms with van der Waals surface area (Å²) in [5.74, 6) is 0.141. The number of methoxy groups -OCH3 is 1. The normalized spacial score (nSPS) is 20.9. The van der Waals surface area contributed by atoms with Crippen LogP contribution in [0.2, 0.25) is 0 Å². The van der Waals surface area contributed by atoms with Crippen molar-refractivity contribution in [1.82, 2.24) is 4.90 Å². The van der Waals surface area contributed by atoms with Crippen LogP contribution in [0, 0.1) is 5.92 Å². The van der Waals surface area contributed by atoms with Gasteiger partial charge < -0.3 is 9.47 Å². The number of carbonyl (C=O) groups is 1. The fourth-order valence-corrected chi connectivity index (χ4v) is 1.82. The summed E-state index contributed by atoms with van der Waals surface area (Å²) < 4.78 is 10.1. The third-order valence-corrected chi connectivity index (χ3v) is 2.51. The zero-order valence-electron chi connectivity index (χ0n) is 9.16. The summed E-state index contributed by atoms with van der Waals surface area (Å²) in [4.78, 5) is 13.7. The number of morpholine rings is 1. The molecule has 0 saturated carbocycles. The first-order valence-corrected chi connectivity index (χ1v) is 5.06. The average Bonchev–Trinajstić information content (AvgIpc) is 2.19. The number of esters is 1. The minimum absolute atomic E-state index is 0.121. The van der Waals surface area contributed by atoms with Crippen molar-refractivity contribution >= 4 is 5.97 Å². The lowest BCUT2D eigenvalue weighted by atomic mass is 10.0. The van der Waals surface area contributed by atoms with Crippen molar-refractivity contribution in [2.75, 3.05) is 33.4 Å². The molecule has 82 valence electrons. The van der Waals surface area contributed by atoms with Crippen molar-refractivity contribution in [2.45, 2.75) is 19.9 Å². The average molecular weight is 201 g/mol. The summed E-state index contributed by atoms with van der Waals surface area (Å²) in [5, 5.41) is 0. The molecule has 0 aromatic carbocycles. The van der Waals surface area contributed by atoms with Crippen LogP contribution < -0.4 is 0 Å². The maximum Gasteiger partial charge on any atom is 0.323 e. The van der Waals surface area contributed by atoms with Gasteiger partial charge in [0.25, 0.3) is 0 Å². The van der Waals surface area contributed by atoms with Gasteiger partial charge in [0, 0.05) is 13.1 Å². The maximum atomic E-state index is 11.5. The molecular weight excluding hydrogens is 182 g/mol. The molecule has 0 spiro atoms. The van der Waals surface area contributed by atoms with Crippen LogP contribution in [-0.4, -0.2) is 50.3 Å². The number of hydrogen-bond acceptors (Lipinski definition) is 4. The topological polar surface area (TPSA) is 38.8 Å². The summed E-state index contributed by atoms with van der Waals surface area (Å²) in [5.41, 5.74) is 0. The van der Waals surface area contributed by atoms with Crippen LogP contribution in [0.25, 0.3) is 0 Å². The zero-order valence-corrected chi connectivity index (χ0v) is 9.16. The fraction of sp³-hybridized carbons (Fsp3) is 0.900. The molecule has 14 heavy (non-hydrogen) atoms. The highest BCUT2D eigenvalue weighted by Crippen LogP contribution is 2.14. The third kappa shape index (κ3) is 2.69. The Labute approximate surface area is 85.2 Å². The molecule has 0 N–H and O–H groups in total. The maximum absolute atomic E-state index is 11.5. The lowest BCUT2D eigenvalue weighted by Gasteiger charge is -2.34. The number of hydrogen-bond donors (Lipinski definition) is 0. The van der Waals surface area contributed by atoms with E-state index in [1.54, 1.807) is 0 Å².